The van der Waals surface area contributed by atoms with Crippen LogP contribution in [0, 0.1) is 40.7 Å². The van der Waals surface area contributed by atoms with Gasteiger partial charge in [0.25, 0.3) is 0 Å². The molecule has 0 bridgehead atoms. The molecule has 0 atom stereocenters. The third-order valence-corrected chi connectivity index (χ3v) is 2.75. The van der Waals surface area contributed by atoms with Crippen LogP contribution in [0.3, 0.4) is 0 Å². The van der Waals surface area contributed by atoms with Crippen LogP contribution in [0.4, 0.5) is 30.7 Å². The van der Waals surface area contributed by atoms with Crippen molar-refractivity contribution in [2.75, 3.05) is 0 Å². The second-order valence-electron chi connectivity index (χ2n) is 4.06. The highest BCUT2D eigenvalue weighted by molar-refractivity contribution is 5.89. The molecule has 0 saturated heterocycles. The van der Waals surface area contributed by atoms with E-state index in [1.165, 1.54) is 0 Å². The Morgan fingerprint density at radius 2 is 1.09 bits per heavy atom. The maximum absolute atomic E-state index is 13.5. The fourth-order valence-corrected chi connectivity index (χ4v) is 1.78. The molecule has 0 fully saturated rings. The third-order valence-electron chi connectivity index (χ3n) is 2.75. The lowest BCUT2D eigenvalue weighted by Crippen LogP contribution is -2.07. The Morgan fingerprint density at radius 1 is 0.727 bits per heavy atom. The molecule has 0 heterocycles. The first-order chi connectivity index (χ1) is 10.2. The predicted octanol–water partition coefficient (Wildman–Crippen LogP) is 4.03. The molecule has 2 aromatic rings. The van der Waals surface area contributed by atoms with Crippen LogP contribution in [-0.4, -0.2) is 11.1 Å². The fraction of sp³-hybridized carbons (Fsp3) is 0. The molecule has 0 aliphatic heterocycles. The van der Waals surface area contributed by atoms with Crippen LogP contribution in [0.15, 0.2) is 12.1 Å². The van der Waals surface area contributed by atoms with Crippen LogP contribution in [0.1, 0.15) is 10.4 Å². The van der Waals surface area contributed by atoms with Crippen molar-refractivity contribution in [1.82, 2.24) is 0 Å². The first-order valence-electron chi connectivity index (χ1n) is 5.41. The average molecular weight is 324 g/mol. The minimum Gasteiger partial charge on any atom is -0.477 e. The van der Waals surface area contributed by atoms with Gasteiger partial charge in [-0.25, -0.2) is 35.5 Å². The van der Waals surface area contributed by atoms with Gasteiger partial charge in [-0.3, -0.25) is 0 Å². The van der Waals surface area contributed by atoms with E-state index in [2.05, 4.69) is 0 Å². The smallest absolute Gasteiger partial charge is 0.341 e. The van der Waals surface area contributed by atoms with E-state index in [1.54, 1.807) is 0 Å². The zero-order valence-corrected chi connectivity index (χ0v) is 10.2. The van der Waals surface area contributed by atoms with Crippen LogP contribution in [0.5, 0.6) is 0 Å². The highest BCUT2D eigenvalue weighted by atomic mass is 19.2. The summed E-state index contributed by atoms with van der Waals surface area (Å²) in [5, 5.41) is 8.54. The molecule has 2 rings (SSSR count). The lowest BCUT2D eigenvalue weighted by Gasteiger charge is -2.10. The minimum atomic E-state index is -2.43. The Balaban J connectivity index is 2.82. The molecule has 0 saturated carbocycles. The summed E-state index contributed by atoms with van der Waals surface area (Å²) in [6.07, 6.45) is 0. The van der Waals surface area contributed by atoms with Gasteiger partial charge in [-0.05, 0) is 17.7 Å². The van der Waals surface area contributed by atoms with E-state index in [0.29, 0.717) is 0 Å². The Bertz CT molecular complexity index is 749. The molecular weight excluding hydrogens is 321 g/mol. The summed E-state index contributed by atoms with van der Waals surface area (Å²) in [6.45, 7) is 0. The van der Waals surface area contributed by atoms with E-state index in [-0.39, 0.29) is 12.1 Å². The highest BCUT2D eigenvalue weighted by Gasteiger charge is 2.28. The van der Waals surface area contributed by atoms with Crippen LogP contribution in [0.25, 0.3) is 11.1 Å². The number of carboxylic acid groups (broad SMARTS) is 1. The summed E-state index contributed by atoms with van der Waals surface area (Å²) in [5.74, 6) is -17.1. The van der Waals surface area contributed by atoms with E-state index >= 15 is 0 Å². The molecule has 0 unspecified atom stereocenters. The van der Waals surface area contributed by atoms with Gasteiger partial charge in [0.2, 0.25) is 5.82 Å². The van der Waals surface area contributed by atoms with Crippen molar-refractivity contribution in [1.29, 1.82) is 0 Å². The monoisotopic (exact) mass is 324 g/mol. The summed E-state index contributed by atoms with van der Waals surface area (Å²) < 4.78 is 93.0. The molecule has 116 valence electrons. The van der Waals surface area contributed by atoms with Crippen molar-refractivity contribution >= 4 is 5.97 Å². The molecule has 0 aromatic heterocycles. The normalized spacial score (nSPS) is 10.9. The number of hydrogen-bond acceptors (Lipinski definition) is 1. The predicted molar refractivity (Wildman–Crippen MR) is 58.5 cm³/mol. The van der Waals surface area contributed by atoms with Gasteiger partial charge < -0.3 is 5.11 Å². The fourth-order valence-electron chi connectivity index (χ4n) is 1.78. The van der Waals surface area contributed by atoms with Gasteiger partial charge in [0.05, 0.1) is 5.56 Å². The van der Waals surface area contributed by atoms with E-state index in [0.717, 1.165) is 0 Å². The van der Waals surface area contributed by atoms with Gasteiger partial charge in [-0.2, -0.15) is 0 Å². The summed E-state index contributed by atoms with van der Waals surface area (Å²) in [7, 11) is 0. The van der Waals surface area contributed by atoms with Crippen molar-refractivity contribution in [2.45, 2.75) is 0 Å². The van der Waals surface area contributed by atoms with E-state index in [1.807, 2.05) is 0 Å². The molecule has 2 nitrogen and oxygen atoms in total. The maximum Gasteiger partial charge on any atom is 0.341 e. The van der Waals surface area contributed by atoms with Crippen molar-refractivity contribution in [3.05, 3.63) is 58.4 Å². The van der Waals surface area contributed by atoms with Gasteiger partial charge in [0, 0.05) is 0 Å². The summed E-state index contributed by atoms with van der Waals surface area (Å²) in [6, 6.07) is 0.315. The molecule has 9 heteroatoms. The number of aromatic carboxylic acids is 1. The second-order valence-corrected chi connectivity index (χ2v) is 4.06. The number of carbonyl (C=O) groups is 1. The Kier molecular flexibility index (Phi) is 3.82. The van der Waals surface area contributed by atoms with Gasteiger partial charge in [-0.15, -0.1) is 0 Å². The zero-order chi connectivity index (χ0) is 16.8. The molecule has 22 heavy (non-hydrogen) atoms. The van der Waals surface area contributed by atoms with E-state index < -0.39 is 63.4 Å². The quantitative estimate of drug-likeness (QED) is 0.514. The van der Waals surface area contributed by atoms with Crippen molar-refractivity contribution in [2.24, 2.45) is 0 Å². The van der Waals surface area contributed by atoms with E-state index in [4.69, 9.17) is 5.11 Å². The number of carboxylic acids is 1. The highest BCUT2D eigenvalue weighted by Crippen LogP contribution is 2.33. The largest absolute Gasteiger partial charge is 0.477 e. The molecule has 0 radical (unpaired) electrons. The van der Waals surface area contributed by atoms with Crippen LogP contribution < -0.4 is 0 Å². The lowest BCUT2D eigenvalue weighted by atomic mass is 10.0. The molecule has 1 N–H and O–H groups in total. The molecular formula is C13H3F7O2. The van der Waals surface area contributed by atoms with Crippen LogP contribution in [-0.2, 0) is 0 Å². The molecule has 0 aliphatic carbocycles. The molecule has 0 aliphatic rings. The molecule has 0 spiro atoms. The van der Waals surface area contributed by atoms with Gasteiger partial charge in [0.15, 0.2) is 23.3 Å². The standard InChI is InChI=1S/C13H3F7O2/c14-4-1-3(2-5(15)7(4)13(21)22)6-8(16)10(18)12(20)11(19)9(6)17/h1-2H,(H,21,22). The number of rotatable bonds is 2. The van der Waals surface area contributed by atoms with Gasteiger partial charge >= 0.3 is 5.97 Å². The summed E-state index contributed by atoms with van der Waals surface area (Å²) >= 11 is 0. The maximum atomic E-state index is 13.5. The summed E-state index contributed by atoms with van der Waals surface area (Å²) in [5.41, 5.74) is -4.02. The Morgan fingerprint density at radius 3 is 1.45 bits per heavy atom. The van der Waals surface area contributed by atoms with E-state index in [9.17, 15) is 35.5 Å². The second kappa shape index (κ2) is 5.32. The van der Waals surface area contributed by atoms with Crippen LogP contribution in [0.2, 0.25) is 0 Å². The average Bonchev–Trinajstić information content (AvgIpc) is 2.42. The number of hydrogen-bond donors (Lipinski definition) is 1. The third kappa shape index (κ3) is 2.28. The SMILES string of the molecule is O=C(O)c1c(F)cc(-c2c(F)c(F)c(F)c(F)c2F)cc1F. The number of halogens is 7. The first-order valence-corrected chi connectivity index (χ1v) is 5.41. The van der Waals surface area contributed by atoms with Crippen molar-refractivity contribution in [3.63, 3.8) is 0 Å². The zero-order valence-electron chi connectivity index (χ0n) is 10.2. The molecule has 2 aromatic carbocycles. The van der Waals surface area contributed by atoms with Crippen LogP contribution >= 0.6 is 0 Å². The lowest BCUT2D eigenvalue weighted by molar-refractivity contribution is 0.0686. The Labute approximate surface area is 117 Å². The Hall–Kier alpha value is -2.58. The first kappa shape index (κ1) is 15.8. The van der Waals surface area contributed by atoms with Gasteiger partial charge in [0.1, 0.15) is 17.2 Å². The van der Waals surface area contributed by atoms with Crippen molar-refractivity contribution < 1.29 is 40.6 Å². The topological polar surface area (TPSA) is 37.3 Å². The minimum absolute atomic E-state index is 0.158. The van der Waals surface area contributed by atoms with Crippen molar-refractivity contribution in [3.8, 4) is 11.1 Å². The van der Waals surface area contributed by atoms with Gasteiger partial charge in [-0.1, -0.05) is 0 Å². The number of benzene rings is 2. The molecule has 0 amide bonds. The summed E-state index contributed by atoms with van der Waals surface area (Å²) in [4.78, 5) is 10.6.